The van der Waals surface area contributed by atoms with E-state index in [-0.39, 0.29) is 0 Å². The van der Waals surface area contributed by atoms with Crippen LogP contribution in [0.25, 0.3) is 0 Å². The summed E-state index contributed by atoms with van der Waals surface area (Å²) >= 11 is 2.38. The predicted molar refractivity (Wildman–Crippen MR) is 82.0 cm³/mol. The maximum absolute atomic E-state index is 3.69. The molecule has 1 atom stereocenters. The molecule has 1 aromatic carbocycles. The summed E-state index contributed by atoms with van der Waals surface area (Å²) in [6.45, 7) is 3.36. The molecule has 0 heterocycles. The van der Waals surface area contributed by atoms with Crippen LogP contribution in [0.15, 0.2) is 24.3 Å². The Kier molecular flexibility index (Phi) is 5.29. The molecule has 94 valence electrons. The molecule has 1 nitrogen and oxygen atoms in total. The first-order valence-corrected chi connectivity index (χ1v) is 7.81. The van der Waals surface area contributed by atoms with Gasteiger partial charge in [-0.3, -0.25) is 0 Å². The second kappa shape index (κ2) is 6.74. The van der Waals surface area contributed by atoms with Crippen molar-refractivity contribution in [2.24, 2.45) is 5.92 Å². The van der Waals surface area contributed by atoms with Crippen molar-refractivity contribution in [2.45, 2.75) is 51.6 Å². The van der Waals surface area contributed by atoms with Gasteiger partial charge in [-0.25, -0.2) is 0 Å². The van der Waals surface area contributed by atoms with Crippen molar-refractivity contribution in [3.8, 4) is 0 Å². The van der Waals surface area contributed by atoms with E-state index in [0.29, 0.717) is 6.04 Å². The molecule has 2 rings (SSSR count). The summed E-state index contributed by atoms with van der Waals surface area (Å²) in [6.07, 6.45) is 7.14. The maximum Gasteiger partial charge on any atom is 0.0208 e. The van der Waals surface area contributed by atoms with Gasteiger partial charge in [-0.15, -0.1) is 0 Å². The van der Waals surface area contributed by atoms with Crippen LogP contribution in [0.1, 0.15) is 44.6 Å². The molecule has 1 saturated carbocycles. The smallest absolute Gasteiger partial charge is 0.0208 e. The van der Waals surface area contributed by atoms with Crippen LogP contribution >= 0.6 is 22.6 Å². The third-order valence-corrected chi connectivity index (χ3v) is 4.55. The molecule has 17 heavy (non-hydrogen) atoms. The summed E-state index contributed by atoms with van der Waals surface area (Å²) in [5, 5.41) is 3.69. The highest BCUT2D eigenvalue weighted by Gasteiger charge is 2.19. The Morgan fingerprint density at radius 2 is 2.06 bits per heavy atom. The zero-order chi connectivity index (χ0) is 12.1. The average molecular weight is 343 g/mol. The van der Waals surface area contributed by atoms with E-state index in [4.69, 9.17) is 0 Å². The zero-order valence-corrected chi connectivity index (χ0v) is 12.7. The average Bonchev–Trinajstić information content (AvgIpc) is 2.37. The van der Waals surface area contributed by atoms with Gasteiger partial charge >= 0.3 is 0 Å². The summed E-state index contributed by atoms with van der Waals surface area (Å²) in [7, 11) is 0. The monoisotopic (exact) mass is 343 g/mol. The van der Waals surface area contributed by atoms with Crippen LogP contribution in [0.5, 0.6) is 0 Å². The maximum atomic E-state index is 3.69. The summed E-state index contributed by atoms with van der Waals surface area (Å²) in [5.74, 6) is 0.895. The van der Waals surface area contributed by atoms with Crippen LogP contribution in [0, 0.1) is 9.49 Å². The summed E-state index contributed by atoms with van der Waals surface area (Å²) in [6, 6.07) is 9.43. The van der Waals surface area contributed by atoms with Crippen molar-refractivity contribution in [3.05, 3.63) is 33.4 Å². The van der Waals surface area contributed by atoms with Gasteiger partial charge in [0.15, 0.2) is 0 Å². The number of hydrogen-bond donors (Lipinski definition) is 1. The molecule has 0 bridgehead atoms. The second-order valence-electron chi connectivity index (χ2n) is 5.20. The molecule has 1 aromatic rings. The number of benzene rings is 1. The summed E-state index contributed by atoms with van der Waals surface area (Å²) < 4.78 is 1.33. The number of rotatable bonds is 4. The van der Waals surface area contributed by atoms with Gasteiger partial charge in [0, 0.05) is 16.2 Å². The van der Waals surface area contributed by atoms with Crippen LogP contribution in [-0.4, -0.2) is 6.04 Å². The van der Waals surface area contributed by atoms with E-state index in [1.54, 1.807) is 0 Å². The third kappa shape index (κ3) is 4.25. The molecule has 1 aliphatic carbocycles. The topological polar surface area (TPSA) is 12.0 Å². The fraction of sp³-hybridized carbons (Fsp3) is 0.600. The molecular weight excluding hydrogens is 321 g/mol. The van der Waals surface area contributed by atoms with E-state index in [1.165, 1.54) is 41.2 Å². The largest absolute Gasteiger partial charge is 0.310 e. The minimum atomic E-state index is 0.660. The van der Waals surface area contributed by atoms with Gasteiger partial charge in [0.2, 0.25) is 0 Å². The van der Waals surface area contributed by atoms with Gasteiger partial charge in [0.05, 0.1) is 0 Å². The normalized spacial score (nSPS) is 19.2. The van der Waals surface area contributed by atoms with Crippen LogP contribution < -0.4 is 5.32 Å². The molecule has 0 aromatic heterocycles. The lowest BCUT2D eigenvalue weighted by molar-refractivity contribution is 0.280. The minimum absolute atomic E-state index is 0.660. The Morgan fingerprint density at radius 3 is 2.76 bits per heavy atom. The van der Waals surface area contributed by atoms with Crippen LogP contribution in [0.4, 0.5) is 0 Å². The van der Waals surface area contributed by atoms with Gasteiger partial charge in [-0.05, 0) is 66.0 Å². The van der Waals surface area contributed by atoms with Gasteiger partial charge in [0.25, 0.3) is 0 Å². The van der Waals surface area contributed by atoms with Crippen LogP contribution in [0.2, 0.25) is 0 Å². The van der Waals surface area contributed by atoms with E-state index in [0.717, 1.165) is 12.5 Å². The quantitative estimate of drug-likeness (QED) is 0.802. The van der Waals surface area contributed by atoms with Gasteiger partial charge in [-0.1, -0.05) is 31.4 Å². The zero-order valence-electron chi connectivity index (χ0n) is 10.6. The molecule has 1 fully saturated rings. The number of nitrogens with one attached hydrogen (secondary N) is 1. The van der Waals surface area contributed by atoms with Crippen LogP contribution in [0.3, 0.4) is 0 Å². The standard InChI is InChI=1S/C15H22IN/c1-12(14-7-3-2-4-8-14)17-11-13-6-5-9-15(16)10-13/h5-6,9-10,12,14,17H,2-4,7-8,11H2,1H3/t12-/m0/s1. The molecule has 0 unspecified atom stereocenters. The molecule has 1 aliphatic rings. The predicted octanol–water partition coefficient (Wildman–Crippen LogP) is 4.35. The first-order valence-electron chi connectivity index (χ1n) is 6.73. The van der Waals surface area contributed by atoms with E-state index in [2.05, 4.69) is 59.1 Å². The molecule has 0 radical (unpaired) electrons. The summed E-state index contributed by atoms with van der Waals surface area (Å²) in [4.78, 5) is 0. The van der Waals surface area contributed by atoms with E-state index in [9.17, 15) is 0 Å². The molecule has 0 spiro atoms. The highest BCUT2D eigenvalue weighted by molar-refractivity contribution is 14.1. The number of hydrogen-bond acceptors (Lipinski definition) is 1. The van der Waals surface area contributed by atoms with Crippen molar-refractivity contribution in [1.82, 2.24) is 5.32 Å². The summed E-state index contributed by atoms with van der Waals surface area (Å²) in [5.41, 5.74) is 1.40. The minimum Gasteiger partial charge on any atom is -0.310 e. The Balaban J connectivity index is 1.80. The fourth-order valence-electron chi connectivity index (χ4n) is 2.73. The van der Waals surface area contributed by atoms with Crippen molar-refractivity contribution in [3.63, 3.8) is 0 Å². The van der Waals surface area contributed by atoms with E-state index < -0.39 is 0 Å². The van der Waals surface area contributed by atoms with Crippen LogP contribution in [-0.2, 0) is 6.54 Å². The SMILES string of the molecule is C[C@H](NCc1cccc(I)c1)C1CCCCC1. The molecule has 1 N–H and O–H groups in total. The highest BCUT2D eigenvalue weighted by atomic mass is 127. The lowest BCUT2D eigenvalue weighted by Crippen LogP contribution is -2.34. The highest BCUT2D eigenvalue weighted by Crippen LogP contribution is 2.26. The van der Waals surface area contributed by atoms with Gasteiger partial charge < -0.3 is 5.32 Å². The second-order valence-corrected chi connectivity index (χ2v) is 6.44. The van der Waals surface area contributed by atoms with Crippen molar-refractivity contribution in [1.29, 1.82) is 0 Å². The lowest BCUT2D eigenvalue weighted by Gasteiger charge is -2.28. The van der Waals surface area contributed by atoms with Gasteiger partial charge in [0.1, 0.15) is 0 Å². The molecule has 0 saturated heterocycles. The number of halogens is 1. The Labute approximate surface area is 119 Å². The molecule has 2 heteroatoms. The molecular formula is C15H22IN. The lowest BCUT2D eigenvalue weighted by atomic mass is 9.84. The molecule has 0 aliphatic heterocycles. The van der Waals surface area contributed by atoms with E-state index >= 15 is 0 Å². The Hall–Kier alpha value is -0.0900. The van der Waals surface area contributed by atoms with Gasteiger partial charge in [-0.2, -0.15) is 0 Å². The Bertz CT molecular complexity index is 345. The fourth-order valence-corrected chi connectivity index (χ4v) is 3.33. The van der Waals surface area contributed by atoms with E-state index in [1.807, 2.05) is 0 Å². The first-order chi connectivity index (χ1) is 8.25. The van der Waals surface area contributed by atoms with Crippen molar-refractivity contribution < 1.29 is 0 Å². The molecule has 0 amide bonds. The first kappa shape index (κ1) is 13.3. The van der Waals surface area contributed by atoms with Crippen molar-refractivity contribution in [2.75, 3.05) is 0 Å². The Morgan fingerprint density at radius 1 is 1.29 bits per heavy atom. The van der Waals surface area contributed by atoms with Crippen molar-refractivity contribution >= 4 is 22.6 Å². The third-order valence-electron chi connectivity index (χ3n) is 3.87.